The van der Waals surface area contributed by atoms with Gasteiger partial charge < -0.3 is 10.2 Å². The summed E-state index contributed by atoms with van der Waals surface area (Å²) < 4.78 is 13.8. The molecule has 0 aliphatic rings. The van der Waals surface area contributed by atoms with Crippen LogP contribution in [0.3, 0.4) is 0 Å². The number of nitrogens with zero attached hydrogens (tertiary/aromatic N) is 1. The fourth-order valence-corrected chi connectivity index (χ4v) is 3.90. The lowest BCUT2D eigenvalue weighted by Gasteiger charge is -2.29. The third kappa shape index (κ3) is 7.17. The van der Waals surface area contributed by atoms with Gasteiger partial charge in [-0.15, -0.1) is 11.8 Å². The number of hydrogen-bond acceptors (Lipinski definition) is 3. The molecule has 0 bridgehead atoms. The molecule has 4 nitrogen and oxygen atoms in total. The van der Waals surface area contributed by atoms with Crippen molar-refractivity contribution in [2.24, 2.45) is 0 Å². The molecule has 2 aromatic rings. The third-order valence-electron chi connectivity index (χ3n) is 5.04. The Hall–Kier alpha value is -2.34. The van der Waals surface area contributed by atoms with Gasteiger partial charge in [0.25, 0.3) is 0 Å². The van der Waals surface area contributed by atoms with Gasteiger partial charge in [0.15, 0.2) is 0 Å². The molecule has 2 amide bonds. The normalized spacial score (nSPS) is 12.8. The van der Waals surface area contributed by atoms with E-state index in [1.165, 1.54) is 17.8 Å². The predicted molar refractivity (Wildman–Crippen MR) is 122 cm³/mol. The van der Waals surface area contributed by atoms with Crippen LogP contribution < -0.4 is 5.32 Å². The molecule has 6 heteroatoms. The maximum Gasteiger partial charge on any atom is 0.242 e. The summed E-state index contributed by atoms with van der Waals surface area (Å²) in [5.74, 6) is 0.0232. The Morgan fingerprint density at radius 3 is 2.53 bits per heavy atom. The van der Waals surface area contributed by atoms with E-state index in [0.29, 0.717) is 17.9 Å². The Morgan fingerprint density at radius 2 is 1.87 bits per heavy atom. The molecule has 2 rings (SSSR count). The maximum absolute atomic E-state index is 13.8. The van der Waals surface area contributed by atoms with Gasteiger partial charge in [-0.05, 0) is 44.4 Å². The van der Waals surface area contributed by atoms with Gasteiger partial charge in [0.1, 0.15) is 11.9 Å². The average Bonchev–Trinajstić information content (AvgIpc) is 2.72. The van der Waals surface area contributed by atoms with Crippen LogP contribution in [-0.4, -0.2) is 34.6 Å². The highest BCUT2D eigenvalue weighted by Crippen LogP contribution is 2.18. The Morgan fingerprint density at radius 1 is 1.13 bits per heavy atom. The number of nitrogens with one attached hydrogen (secondary N) is 1. The molecule has 2 aromatic carbocycles. The minimum absolute atomic E-state index is 0.0475. The van der Waals surface area contributed by atoms with Crippen LogP contribution in [0.4, 0.5) is 4.39 Å². The van der Waals surface area contributed by atoms with Gasteiger partial charge in [-0.25, -0.2) is 4.39 Å². The van der Waals surface area contributed by atoms with E-state index in [1.54, 1.807) is 30.0 Å². The van der Waals surface area contributed by atoms with Gasteiger partial charge in [-0.2, -0.15) is 0 Å². The Balaban J connectivity index is 2.09. The van der Waals surface area contributed by atoms with Crippen LogP contribution in [0.5, 0.6) is 0 Å². The van der Waals surface area contributed by atoms with Crippen LogP contribution in [0.1, 0.15) is 43.9 Å². The molecule has 0 aliphatic carbocycles. The first-order chi connectivity index (χ1) is 14.3. The number of thioether (sulfide) groups is 1. The number of amides is 2. The van der Waals surface area contributed by atoms with Crippen LogP contribution >= 0.6 is 11.8 Å². The number of benzene rings is 2. The molecule has 30 heavy (non-hydrogen) atoms. The van der Waals surface area contributed by atoms with Crippen LogP contribution in [0.25, 0.3) is 0 Å². The molecule has 162 valence electrons. The summed E-state index contributed by atoms with van der Waals surface area (Å²) in [4.78, 5) is 27.3. The molecule has 0 spiro atoms. The van der Waals surface area contributed by atoms with E-state index in [0.717, 1.165) is 17.5 Å². The highest BCUT2D eigenvalue weighted by atomic mass is 32.2. The van der Waals surface area contributed by atoms with Crippen molar-refractivity contribution in [3.63, 3.8) is 0 Å². The van der Waals surface area contributed by atoms with Gasteiger partial charge in [0.05, 0.1) is 5.75 Å². The third-order valence-corrected chi connectivity index (χ3v) is 6.01. The lowest BCUT2D eigenvalue weighted by Crippen LogP contribution is -2.50. The highest BCUT2D eigenvalue weighted by Gasteiger charge is 2.26. The molecule has 0 saturated carbocycles. The topological polar surface area (TPSA) is 49.4 Å². The number of aryl methyl sites for hydroxylation is 1. The maximum atomic E-state index is 13.8. The monoisotopic (exact) mass is 430 g/mol. The van der Waals surface area contributed by atoms with Crippen molar-refractivity contribution < 1.29 is 14.0 Å². The largest absolute Gasteiger partial charge is 0.352 e. The van der Waals surface area contributed by atoms with Gasteiger partial charge in [0, 0.05) is 18.3 Å². The zero-order chi connectivity index (χ0) is 22.1. The quantitative estimate of drug-likeness (QED) is 0.594. The second-order valence-electron chi connectivity index (χ2n) is 7.59. The summed E-state index contributed by atoms with van der Waals surface area (Å²) in [5.41, 5.74) is 2.65. The number of rotatable bonds is 10. The summed E-state index contributed by atoms with van der Waals surface area (Å²) >= 11 is 1.36. The minimum Gasteiger partial charge on any atom is -0.352 e. The molecule has 0 heterocycles. The Labute approximate surface area is 183 Å². The SMILES string of the molecule is CC[C@@H](C)NC(=O)[C@@H](C)N(Cc1cccc(C)c1)C(=O)CSCc1ccccc1F. The first-order valence-electron chi connectivity index (χ1n) is 10.3. The first-order valence-corrected chi connectivity index (χ1v) is 11.4. The van der Waals surface area contributed by atoms with E-state index in [-0.39, 0.29) is 29.4 Å². The summed E-state index contributed by atoms with van der Waals surface area (Å²) in [6, 6.07) is 14.0. The molecule has 1 N–H and O–H groups in total. The van der Waals surface area contributed by atoms with Crippen LogP contribution in [0, 0.1) is 12.7 Å². The van der Waals surface area contributed by atoms with Crippen LogP contribution in [-0.2, 0) is 21.9 Å². The lowest BCUT2D eigenvalue weighted by molar-refractivity contribution is -0.138. The van der Waals surface area contributed by atoms with Crippen molar-refractivity contribution in [3.8, 4) is 0 Å². The second kappa shape index (κ2) is 11.7. The van der Waals surface area contributed by atoms with E-state index in [4.69, 9.17) is 0 Å². The summed E-state index contributed by atoms with van der Waals surface area (Å²) in [7, 11) is 0. The van der Waals surface area contributed by atoms with Crippen molar-refractivity contribution in [2.75, 3.05) is 5.75 Å². The zero-order valence-electron chi connectivity index (χ0n) is 18.2. The number of carbonyl (C=O) groups excluding carboxylic acids is 2. The molecular weight excluding hydrogens is 399 g/mol. The molecule has 0 saturated heterocycles. The Kier molecular flexibility index (Phi) is 9.37. The summed E-state index contributed by atoms with van der Waals surface area (Å²) in [6.07, 6.45) is 0.822. The highest BCUT2D eigenvalue weighted by molar-refractivity contribution is 7.99. The van der Waals surface area contributed by atoms with Crippen molar-refractivity contribution in [1.29, 1.82) is 0 Å². The van der Waals surface area contributed by atoms with E-state index in [1.807, 2.05) is 45.0 Å². The summed E-state index contributed by atoms with van der Waals surface area (Å²) in [6.45, 7) is 8.06. The fourth-order valence-electron chi connectivity index (χ4n) is 3.00. The van der Waals surface area contributed by atoms with E-state index < -0.39 is 6.04 Å². The first kappa shape index (κ1) is 23.9. The second-order valence-corrected chi connectivity index (χ2v) is 8.57. The van der Waals surface area contributed by atoms with Crippen molar-refractivity contribution in [1.82, 2.24) is 10.2 Å². The van der Waals surface area contributed by atoms with Crippen molar-refractivity contribution >= 4 is 23.6 Å². The molecule has 0 radical (unpaired) electrons. The van der Waals surface area contributed by atoms with E-state index >= 15 is 0 Å². The van der Waals surface area contributed by atoms with Gasteiger partial charge in [0.2, 0.25) is 11.8 Å². The fraction of sp³-hybridized carbons (Fsp3) is 0.417. The van der Waals surface area contributed by atoms with E-state index in [9.17, 15) is 14.0 Å². The Bertz CT molecular complexity index is 859. The standard InChI is InChI=1S/C24H31FN2O2S/c1-5-18(3)26-24(29)19(4)27(14-20-10-8-9-17(2)13-20)23(28)16-30-15-21-11-6-7-12-22(21)25/h6-13,18-19H,5,14-16H2,1-4H3,(H,26,29)/t18-,19-/m1/s1. The van der Waals surface area contributed by atoms with Crippen molar-refractivity contribution in [3.05, 3.63) is 71.0 Å². The number of hydrogen-bond donors (Lipinski definition) is 1. The molecular formula is C24H31FN2O2S. The predicted octanol–water partition coefficient (Wildman–Crippen LogP) is 4.70. The lowest BCUT2D eigenvalue weighted by atomic mass is 10.1. The molecule has 2 atom stereocenters. The number of carbonyl (C=O) groups is 2. The van der Waals surface area contributed by atoms with Gasteiger partial charge in [-0.3, -0.25) is 9.59 Å². The van der Waals surface area contributed by atoms with Gasteiger partial charge in [-0.1, -0.05) is 55.0 Å². The average molecular weight is 431 g/mol. The van der Waals surface area contributed by atoms with E-state index in [2.05, 4.69) is 5.32 Å². The van der Waals surface area contributed by atoms with Crippen molar-refractivity contribution in [2.45, 2.75) is 58.5 Å². The number of halogens is 1. The molecule has 0 aromatic heterocycles. The minimum atomic E-state index is -0.596. The molecule has 0 aliphatic heterocycles. The zero-order valence-corrected chi connectivity index (χ0v) is 19.0. The van der Waals surface area contributed by atoms with Crippen LogP contribution in [0.2, 0.25) is 0 Å². The summed E-state index contributed by atoms with van der Waals surface area (Å²) in [5, 5.41) is 2.96. The molecule has 0 fully saturated rings. The van der Waals surface area contributed by atoms with Gasteiger partial charge >= 0.3 is 0 Å². The van der Waals surface area contributed by atoms with Crippen LogP contribution in [0.15, 0.2) is 48.5 Å². The molecule has 0 unspecified atom stereocenters. The smallest absolute Gasteiger partial charge is 0.242 e.